The smallest absolute Gasteiger partial charge is 0.0432 e. The van der Waals surface area contributed by atoms with Crippen molar-refractivity contribution in [2.24, 2.45) is 0 Å². The van der Waals surface area contributed by atoms with Gasteiger partial charge < -0.3 is 4.90 Å². The molecule has 0 bridgehead atoms. The van der Waals surface area contributed by atoms with Crippen molar-refractivity contribution in [3.63, 3.8) is 0 Å². The second-order valence-electron chi connectivity index (χ2n) is 5.87. The van der Waals surface area contributed by atoms with E-state index in [9.17, 15) is 0 Å². The maximum absolute atomic E-state index is 2.51. The Morgan fingerprint density at radius 1 is 0.895 bits per heavy atom. The maximum atomic E-state index is 2.51. The average molecular weight is 253 g/mol. The van der Waals surface area contributed by atoms with Crippen molar-refractivity contribution in [3.8, 4) is 0 Å². The van der Waals surface area contributed by atoms with Crippen LogP contribution in [0.2, 0.25) is 0 Å². The summed E-state index contributed by atoms with van der Waals surface area (Å²) in [4.78, 5) is 2.51. The Morgan fingerprint density at radius 3 is 2.37 bits per heavy atom. The number of anilines is 1. The molecule has 0 atom stereocenters. The van der Waals surface area contributed by atoms with Crippen molar-refractivity contribution in [2.75, 3.05) is 18.0 Å². The van der Waals surface area contributed by atoms with E-state index in [0.29, 0.717) is 0 Å². The van der Waals surface area contributed by atoms with E-state index in [4.69, 9.17) is 0 Å². The zero-order valence-corrected chi connectivity index (χ0v) is 11.9. The first-order valence-electron chi connectivity index (χ1n) is 7.51. The number of hydrogen-bond acceptors (Lipinski definition) is 1. The highest BCUT2D eigenvalue weighted by Crippen LogP contribution is 2.30. The number of hydrogen-bond donors (Lipinski definition) is 0. The van der Waals surface area contributed by atoms with Gasteiger partial charge in [0.2, 0.25) is 0 Å². The third-order valence-corrected chi connectivity index (χ3v) is 4.25. The van der Waals surface area contributed by atoms with E-state index < -0.39 is 0 Å². The molecule has 1 heterocycles. The molecule has 0 saturated heterocycles. The van der Waals surface area contributed by atoms with Gasteiger partial charge in [-0.05, 0) is 50.3 Å². The molecule has 0 amide bonds. The number of rotatable bonds is 1. The lowest BCUT2D eigenvalue weighted by Gasteiger charge is -2.32. The third kappa shape index (κ3) is 2.91. The van der Waals surface area contributed by atoms with Gasteiger partial charge in [0, 0.05) is 18.8 Å². The molecule has 0 radical (unpaired) electrons. The van der Waals surface area contributed by atoms with E-state index in [0.717, 1.165) is 13.1 Å². The molecule has 1 aliphatic carbocycles. The fraction of sp³-hybridized carbons (Fsp3) is 0.444. The zero-order chi connectivity index (χ0) is 13.1. The van der Waals surface area contributed by atoms with E-state index in [1.165, 1.54) is 43.4 Å². The predicted octanol–water partition coefficient (Wildman–Crippen LogP) is 4.71. The highest BCUT2D eigenvalue weighted by molar-refractivity contribution is 5.52. The van der Waals surface area contributed by atoms with Gasteiger partial charge >= 0.3 is 0 Å². The Labute approximate surface area is 116 Å². The Bertz CT molecular complexity index is 488. The van der Waals surface area contributed by atoms with Crippen molar-refractivity contribution >= 4 is 5.69 Å². The van der Waals surface area contributed by atoms with Crippen LogP contribution >= 0.6 is 0 Å². The van der Waals surface area contributed by atoms with Crippen molar-refractivity contribution in [2.45, 2.75) is 39.0 Å². The third-order valence-electron chi connectivity index (χ3n) is 4.25. The number of nitrogens with zero attached hydrogens (tertiary/aromatic N) is 1. The lowest BCUT2D eigenvalue weighted by Crippen LogP contribution is -2.31. The first-order chi connectivity index (χ1) is 9.33. The van der Waals surface area contributed by atoms with Crippen LogP contribution in [-0.4, -0.2) is 13.1 Å². The molecule has 0 spiro atoms. The number of para-hydroxylation sites is 1. The minimum Gasteiger partial charge on any atom is -0.363 e. The molecule has 1 aromatic carbocycles. The molecular weight excluding hydrogens is 230 g/mol. The predicted molar refractivity (Wildman–Crippen MR) is 82.5 cm³/mol. The minimum atomic E-state index is 1.07. The van der Waals surface area contributed by atoms with E-state index in [1.807, 2.05) is 0 Å². The van der Waals surface area contributed by atoms with Gasteiger partial charge in [0.1, 0.15) is 0 Å². The lowest BCUT2D eigenvalue weighted by atomic mass is 9.89. The summed E-state index contributed by atoms with van der Waals surface area (Å²) < 4.78 is 0. The molecule has 0 N–H and O–H groups in total. The van der Waals surface area contributed by atoms with Gasteiger partial charge in [-0.15, -0.1) is 0 Å². The second-order valence-corrected chi connectivity index (χ2v) is 5.87. The van der Waals surface area contributed by atoms with Crippen LogP contribution in [0.1, 0.15) is 39.0 Å². The Kier molecular flexibility index (Phi) is 3.72. The minimum absolute atomic E-state index is 1.07. The fourth-order valence-corrected chi connectivity index (χ4v) is 3.29. The number of allylic oxidation sites excluding steroid dienone is 1. The normalized spacial score (nSPS) is 20.5. The van der Waals surface area contributed by atoms with Crippen LogP contribution in [0.15, 0.2) is 53.1 Å². The molecule has 1 nitrogen and oxygen atoms in total. The monoisotopic (exact) mass is 253 g/mol. The highest BCUT2D eigenvalue weighted by atomic mass is 15.1. The quantitative estimate of drug-likeness (QED) is 0.700. The summed E-state index contributed by atoms with van der Waals surface area (Å²) in [6.07, 6.45) is 9.28. The van der Waals surface area contributed by atoms with E-state index >= 15 is 0 Å². The summed E-state index contributed by atoms with van der Waals surface area (Å²) in [5.41, 5.74) is 6.14. The molecule has 1 heteroatoms. The van der Waals surface area contributed by atoms with Crippen LogP contribution in [0.3, 0.4) is 0 Å². The highest BCUT2D eigenvalue weighted by Gasteiger charge is 2.18. The summed E-state index contributed by atoms with van der Waals surface area (Å²) in [7, 11) is 0. The average Bonchev–Trinajstić information content (AvgIpc) is 2.48. The fourth-order valence-electron chi connectivity index (χ4n) is 3.29. The van der Waals surface area contributed by atoms with Gasteiger partial charge in [0.15, 0.2) is 0 Å². The molecule has 3 rings (SSSR count). The summed E-state index contributed by atoms with van der Waals surface area (Å²) in [6.45, 7) is 4.43. The zero-order valence-electron chi connectivity index (χ0n) is 11.9. The second kappa shape index (κ2) is 5.64. The molecule has 100 valence electrons. The number of benzene rings is 1. The van der Waals surface area contributed by atoms with E-state index in [2.05, 4.69) is 48.2 Å². The first kappa shape index (κ1) is 12.5. The van der Waals surface area contributed by atoms with Crippen LogP contribution in [-0.2, 0) is 0 Å². The summed E-state index contributed by atoms with van der Waals surface area (Å²) in [6, 6.07) is 10.8. The van der Waals surface area contributed by atoms with Crippen molar-refractivity contribution in [1.82, 2.24) is 0 Å². The lowest BCUT2D eigenvalue weighted by molar-refractivity contribution is 0.592. The molecule has 0 aromatic heterocycles. The molecule has 19 heavy (non-hydrogen) atoms. The van der Waals surface area contributed by atoms with Crippen LogP contribution < -0.4 is 4.90 Å². The summed E-state index contributed by atoms with van der Waals surface area (Å²) in [5, 5.41) is 0. The Morgan fingerprint density at radius 2 is 1.63 bits per heavy atom. The van der Waals surface area contributed by atoms with Gasteiger partial charge in [-0.2, -0.15) is 0 Å². The topological polar surface area (TPSA) is 3.24 Å². The van der Waals surface area contributed by atoms with Crippen LogP contribution in [0.25, 0.3) is 0 Å². The molecule has 2 aliphatic rings. The standard InChI is InChI=1S/C18H23N/c1-15-12-17(16-8-4-2-5-9-16)14-19(13-15)18-10-6-3-7-11-18/h3,6-7,10-12H,2,4-5,8-9,13-14H2,1H3. The largest absolute Gasteiger partial charge is 0.363 e. The van der Waals surface area contributed by atoms with Crippen LogP contribution in [0.4, 0.5) is 5.69 Å². The van der Waals surface area contributed by atoms with Gasteiger partial charge in [-0.1, -0.05) is 41.8 Å². The molecule has 1 saturated carbocycles. The molecule has 0 unspecified atom stereocenters. The summed E-state index contributed by atoms with van der Waals surface area (Å²) >= 11 is 0. The van der Waals surface area contributed by atoms with Crippen LogP contribution in [0.5, 0.6) is 0 Å². The summed E-state index contributed by atoms with van der Waals surface area (Å²) in [5.74, 6) is 0. The van der Waals surface area contributed by atoms with Gasteiger partial charge in [-0.3, -0.25) is 0 Å². The van der Waals surface area contributed by atoms with Crippen LogP contribution in [0, 0.1) is 0 Å². The van der Waals surface area contributed by atoms with Gasteiger partial charge in [0.05, 0.1) is 0 Å². The van der Waals surface area contributed by atoms with Crippen molar-refractivity contribution in [3.05, 3.63) is 53.1 Å². The van der Waals surface area contributed by atoms with Crippen molar-refractivity contribution < 1.29 is 0 Å². The van der Waals surface area contributed by atoms with E-state index in [-0.39, 0.29) is 0 Å². The molecule has 1 aliphatic heterocycles. The Hall–Kier alpha value is -1.50. The first-order valence-corrected chi connectivity index (χ1v) is 7.51. The molecular formula is C18H23N. The van der Waals surface area contributed by atoms with Crippen molar-refractivity contribution in [1.29, 1.82) is 0 Å². The Balaban J connectivity index is 1.86. The molecule has 1 fully saturated rings. The van der Waals surface area contributed by atoms with Gasteiger partial charge in [-0.25, -0.2) is 0 Å². The molecule has 1 aromatic rings. The SMILES string of the molecule is CC1=CC(=C2CCCCC2)CN(c2ccccc2)C1. The van der Waals surface area contributed by atoms with E-state index in [1.54, 1.807) is 11.1 Å². The van der Waals surface area contributed by atoms with Gasteiger partial charge in [0.25, 0.3) is 0 Å². The maximum Gasteiger partial charge on any atom is 0.0432 e.